The van der Waals surface area contributed by atoms with Crippen LogP contribution >= 0.6 is 11.6 Å². The summed E-state index contributed by atoms with van der Waals surface area (Å²) in [4.78, 5) is 21.3. The lowest BCUT2D eigenvalue weighted by Gasteiger charge is -2.07. The highest BCUT2D eigenvalue weighted by molar-refractivity contribution is 6.29. The SMILES string of the molecule is CCOc1ccc(NC(=O)CCl)c([N+](=O)[O-])c1. The molecule has 0 aliphatic carbocycles. The Kier molecular flexibility index (Phi) is 4.71. The summed E-state index contributed by atoms with van der Waals surface area (Å²) in [7, 11) is 0. The second-order valence-electron chi connectivity index (χ2n) is 3.05. The van der Waals surface area contributed by atoms with Crippen LogP contribution < -0.4 is 10.1 Å². The zero-order chi connectivity index (χ0) is 12.8. The van der Waals surface area contributed by atoms with Crippen LogP contribution in [0.5, 0.6) is 5.75 Å². The third-order valence-electron chi connectivity index (χ3n) is 1.87. The molecule has 0 fully saturated rings. The van der Waals surface area contributed by atoms with Gasteiger partial charge in [0.05, 0.1) is 17.6 Å². The molecule has 6 nitrogen and oxygen atoms in total. The Morgan fingerprint density at radius 1 is 1.59 bits per heavy atom. The van der Waals surface area contributed by atoms with Gasteiger partial charge in [-0.15, -0.1) is 11.6 Å². The van der Waals surface area contributed by atoms with Crippen LogP contribution in [-0.2, 0) is 4.79 Å². The van der Waals surface area contributed by atoms with Gasteiger partial charge < -0.3 is 10.1 Å². The Balaban J connectivity index is 3.04. The van der Waals surface area contributed by atoms with Crippen LogP contribution in [0.25, 0.3) is 0 Å². The van der Waals surface area contributed by atoms with Crippen LogP contribution in [0, 0.1) is 10.1 Å². The molecular weight excluding hydrogens is 248 g/mol. The summed E-state index contributed by atoms with van der Waals surface area (Å²) in [5.74, 6) is -0.383. The largest absolute Gasteiger partial charge is 0.494 e. The van der Waals surface area contributed by atoms with Gasteiger partial charge in [-0.2, -0.15) is 0 Å². The summed E-state index contributed by atoms with van der Waals surface area (Å²) in [5, 5.41) is 13.2. The maximum Gasteiger partial charge on any atom is 0.296 e. The monoisotopic (exact) mass is 258 g/mol. The molecular formula is C10H11ClN2O4. The highest BCUT2D eigenvalue weighted by Gasteiger charge is 2.16. The number of carbonyl (C=O) groups is 1. The molecule has 1 N–H and O–H groups in total. The van der Waals surface area contributed by atoms with E-state index in [-0.39, 0.29) is 17.3 Å². The first-order valence-electron chi connectivity index (χ1n) is 4.85. The first-order chi connectivity index (χ1) is 8.08. The van der Waals surface area contributed by atoms with Crippen molar-refractivity contribution in [2.75, 3.05) is 17.8 Å². The number of hydrogen-bond acceptors (Lipinski definition) is 4. The molecule has 0 heterocycles. The van der Waals surface area contributed by atoms with E-state index in [0.717, 1.165) is 0 Å². The number of nitro groups is 1. The summed E-state index contributed by atoms with van der Waals surface area (Å²) in [5.41, 5.74) is -0.126. The zero-order valence-electron chi connectivity index (χ0n) is 9.10. The van der Waals surface area contributed by atoms with Crippen molar-refractivity contribution in [3.63, 3.8) is 0 Å². The molecule has 0 spiro atoms. The Labute approximate surface area is 103 Å². The van der Waals surface area contributed by atoms with E-state index < -0.39 is 10.8 Å². The number of halogens is 1. The summed E-state index contributed by atoms with van der Waals surface area (Å²) >= 11 is 5.31. The van der Waals surface area contributed by atoms with Gasteiger partial charge in [0.1, 0.15) is 17.3 Å². The normalized spacial score (nSPS) is 9.76. The molecule has 1 aromatic rings. The van der Waals surface area contributed by atoms with Crippen molar-refractivity contribution >= 4 is 28.9 Å². The number of rotatable bonds is 5. The predicted molar refractivity (Wildman–Crippen MR) is 63.6 cm³/mol. The quantitative estimate of drug-likeness (QED) is 0.498. The lowest BCUT2D eigenvalue weighted by Crippen LogP contribution is -2.13. The van der Waals surface area contributed by atoms with Crippen molar-refractivity contribution in [3.8, 4) is 5.75 Å². The van der Waals surface area contributed by atoms with Gasteiger partial charge >= 0.3 is 0 Å². The van der Waals surface area contributed by atoms with Crippen LogP contribution in [0.15, 0.2) is 18.2 Å². The molecule has 0 unspecified atom stereocenters. The third kappa shape index (κ3) is 3.60. The highest BCUT2D eigenvalue weighted by atomic mass is 35.5. The highest BCUT2D eigenvalue weighted by Crippen LogP contribution is 2.29. The van der Waals surface area contributed by atoms with Crippen LogP contribution in [0.1, 0.15) is 6.92 Å². The van der Waals surface area contributed by atoms with E-state index in [2.05, 4.69) is 5.32 Å². The molecule has 0 aromatic heterocycles. The van der Waals surface area contributed by atoms with Crippen molar-refractivity contribution in [1.29, 1.82) is 0 Å². The Morgan fingerprint density at radius 3 is 2.82 bits per heavy atom. The number of benzene rings is 1. The number of nitrogens with one attached hydrogen (secondary N) is 1. The number of anilines is 1. The minimum absolute atomic E-state index is 0.101. The smallest absolute Gasteiger partial charge is 0.296 e. The summed E-state index contributed by atoms with van der Waals surface area (Å²) in [6, 6.07) is 4.21. The van der Waals surface area contributed by atoms with Crippen molar-refractivity contribution in [2.24, 2.45) is 0 Å². The molecule has 0 radical (unpaired) electrons. The molecule has 0 aliphatic rings. The maximum atomic E-state index is 11.1. The van der Waals surface area contributed by atoms with Crippen LogP contribution in [0.2, 0.25) is 0 Å². The van der Waals surface area contributed by atoms with Gasteiger partial charge in [-0.05, 0) is 19.1 Å². The van der Waals surface area contributed by atoms with Gasteiger partial charge in [-0.25, -0.2) is 0 Å². The van der Waals surface area contributed by atoms with Crippen LogP contribution in [0.3, 0.4) is 0 Å². The van der Waals surface area contributed by atoms with Gasteiger partial charge in [0.2, 0.25) is 5.91 Å². The molecule has 0 bridgehead atoms. The number of nitro benzene ring substituents is 1. The molecule has 17 heavy (non-hydrogen) atoms. The first kappa shape index (κ1) is 13.2. The van der Waals surface area contributed by atoms with Gasteiger partial charge in [0, 0.05) is 0 Å². The molecule has 0 atom stereocenters. The van der Waals surface area contributed by atoms with E-state index in [9.17, 15) is 14.9 Å². The van der Waals surface area contributed by atoms with E-state index in [1.54, 1.807) is 13.0 Å². The van der Waals surface area contributed by atoms with Crippen molar-refractivity contribution in [1.82, 2.24) is 0 Å². The van der Waals surface area contributed by atoms with E-state index in [4.69, 9.17) is 16.3 Å². The lowest BCUT2D eigenvalue weighted by molar-refractivity contribution is -0.384. The van der Waals surface area contributed by atoms with E-state index in [1.807, 2.05) is 0 Å². The Bertz CT molecular complexity index is 436. The summed E-state index contributed by atoms with van der Waals surface area (Å²) < 4.78 is 5.14. The number of nitrogens with zero attached hydrogens (tertiary/aromatic N) is 1. The standard InChI is InChI=1S/C10H11ClN2O4/c1-2-17-7-3-4-8(12-10(14)6-11)9(5-7)13(15)16/h3-5H,2,6H2,1H3,(H,12,14). The van der Waals surface area contributed by atoms with Gasteiger partial charge in [0.25, 0.3) is 5.69 Å². The molecule has 1 aromatic carbocycles. The lowest BCUT2D eigenvalue weighted by atomic mass is 10.2. The van der Waals surface area contributed by atoms with Gasteiger partial charge in [-0.1, -0.05) is 0 Å². The fourth-order valence-corrected chi connectivity index (χ4v) is 1.28. The van der Waals surface area contributed by atoms with Gasteiger partial charge in [0.15, 0.2) is 0 Å². The molecule has 0 saturated carbocycles. The van der Waals surface area contributed by atoms with Gasteiger partial charge in [-0.3, -0.25) is 14.9 Å². The second kappa shape index (κ2) is 6.05. The fraction of sp³-hybridized carbons (Fsp3) is 0.300. The van der Waals surface area contributed by atoms with Crippen LogP contribution in [-0.4, -0.2) is 23.3 Å². The number of hydrogen-bond donors (Lipinski definition) is 1. The number of ether oxygens (including phenoxy) is 1. The molecule has 1 amide bonds. The van der Waals surface area contributed by atoms with Crippen molar-refractivity contribution < 1.29 is 14.5 Å². The molecule has 0 saturated heterocycles. The average Bonchev–Trinajstić information content (AvgIpc) is 2.31. The number of amides is 1. The van der Waals surface area contributed by atoms with Crippen LogP contribution in [0.4, 0.5) is 11.4 Å². The number of carbonyl (C=O) groups excluding carboxylic acids is 1. The Morgan fingerprint density at radius 2 is 2.29 bits per heavy atom. The average molecular weight is 259 g/mol. The summed E-state index contributed by atoms with van der Waals surface area (Å²) in [6.45, 7) is 2.18. The summed E-state index contributed by atoms with van der Waals surface area (Å²) in [6.07, 6.45) is 0. The van der Waals surface area contributed by atoms with Crippen molar-refractivity contribution in [3.05, 3.63) is 28.3 Å². The topological polar surface area (TPSA) is 81.5 Å². The molecule has 92 valence electrons. The predicted octanol–water partition coefficient (Wildman–Crippen LogP) is 2.17. The number of alkyl halides is 1. The van der Waals surface area contributed by atoms with E-state index >= 15 is 0 Å². The van der Waals surface area contributed by atoms with Crippen molar-refractivity contribution in [2.45, 2.75) is 6.92 Å². The Hall–Kier alpha value is -1.82. The maximum absolute atomic E-state index is 11.1. The fourth-order valence-electron chi connectivity index (χ4n) is 1.21. The molecule has 0 aliphatic heterocycles. The zero-order valence-corrected chi connectivity index (χ0v) is 9.86. The third-order valence-corrected chi connectivity index (χ3v) is 2.12. The van der Waals surface area contributed by atoms with E-state index in [1.165, 1.54) is 12.1 Å². The van der Waals surface area contributed by atoms with E-state index in [0.29, 0.717) is 12.4 Å². The second-order valence-corrected chi connectivity index (χ2v) is 3.32. The minimum atomic E-state index is -0.591. The first-order valence-corrected chi connectivity index (χ1v) is 5.39. The minimum Gasteiger partial charge on any atom is -0.494 e. The molecule has 1 rings (SSSR count). The molecule has 7 heteroatoms.